The highest BCUT2D eigenvalue weighted by Crippen LogP contribution is 2.47. The number of benzene rings is 1. The van der Waals surface area contributed by atoms with Gasteiger partial charge in [0, 0.05) is 11.7 Å². The summed E-state index contributed by atoms with van der Waals surface area (Å²) in [7, 11) is 0. The summed E-state index contributed by atoms with van der Waals surface area (Å²) in [5.41, 5.74) is 8.16. The Hall–Kier alpha value is -1.10. The van der Waals surface area contributed by atoms with Crippen molar-refractivity contribution in [3.05, 3.63) is 29.8 Å². The van der Waals surface area contributed by atoms with Gasteiger partial charge in [0.1, 0.15) is 0 Å². The third kappa shape index (κ3) is 4.06. The van der Waals surface area contributed by atoms with E-state index in [1.165, 1.54) is 6.42 Å². The lowest BCUT2D eigenvalue weighted by Crippen LogP contribution is -2.42. The molecule has 2 aliphatic carbocycles. The zero-order valence-corrected chi connectivity index (χ0v) is 14.6. The number of anilines is 1. The average molecular weight is 339 g/mol. The summed E-state index contributed by atoms with van der Waals surface area (Å²) in [6, 6.07) is 7.91. The van der Waals surface area contributed by atoms with Crippen LogP contribution in [0.25, 0.3) is 0 Å². The Morgan fingerprint density at radius 3 is 2.74 bits per heavy atom. The molecule has 2 aliphatic rings. The fourth-order valence-corrected chi connectivity index (χ4v) is 3.95. The van der Waals surface area contributed by atoms with Gasteiger partial charge in [-0.3, -0.25) is 4.79 Å². The van der Waals surface area contributed by atoms with Crippen LogP contribution in [-0.2, 0) is 16.1 Å². The molecule has 0 aromatic heterocycles. The Balaban J connectivity index is 0.00000192. The van der Waals surface area contributed by atoms with Crippen LogP contribution in [0.1, 0.15) is 38.7 Å². The number of hydrogen-bond acceptors (Lipinski definition) is 3. The minimum Gasteiger partial charge on any atom is -0.374 e. The molecule has 128 valence electrons. The summed E-state index contributed by atoms with van der Waals surface area (Å²) < 4.78 is 5.61. The minimum absolute atomic E-state index is 0. The first-order valence-corrected chi connectivity index (χ1v) is 8.31. The molecule has 4 nitrogen and oxygen atoms in total. The van der Waals surface area contributed by atoms with Crippen molar-refractivity contribution in [2.45, 2.75) is 51.9 Å². The SMILES string of the molecule is CC(C)OCc1cccc(NC(=O)C2C3CCC(C3)C2N)c1.Cl. The summed E-state index contributed by atoms with van der Waals surface area (Å²) in [4.78, 5) is 12.6. The zero-order chi connectivity index (χ0) is 15.7. The topological polar surface area (TPSA) is 64.3 Å². The second kappa shape index (κ2) is 7.65. The Morgan fingerprint density at radius 2 is 2.09 bits per heavy atom. The van der Waals surface area contributed by atoms with E-state index < -0.39 is 0 Å². The van der Waals surface area contributed by atoms with Crippen molar-refractivity contribution >= 4 is 24.0 Å². The first-order chi connectivity index (χ1) is 10.5. The molecule has 2 saturated carbocycles. The third-order valence-electron chi connectivity index (χ3n) is 5.06. The van der Waals surface area contributed by atoms with Gasteiger partial charge in [0.2, 0.25) is 5.91 Å². The van der Waals surface area contributed by atoms with Gasteiger partial charge in [0.15, 0.2) is 0 Å². The maximum absolute atomic E-state index is 12.6. The molecule has 1 aromatic carbocycles. The van der Waals surface area contributed by atoms with Crippen LogP contribution >= 0.6 is 12.4 Å². The largest absolute Gasteiger partial charge is 0.374 e. The van der Waals surface area contributed by atoms with Crippen molar-refractivity contribution in [3.63, 3.8) is 0 Å². The lowest BCUT2D eigenvalue weighted by molar-refractivity contribution is -0.121. The molecule has 4 atom stereocenters. The molecule has 4 unspecified atom stereocenters. The summed E-state index contributed by atoms with van der Waals surface area (Å²) in [6.45, 7) is 4.60. The number of nitrogens with one attached hydrogen (secondary N) is 1. The van der Waals surface area contributed by atoms with Crippen LogP contribution < -0.4 is 11.1 Å². The monoisotopic (exact) mass is 338 g/mol. The first-order valence-electron chi connectivity index (χ1n) is 8.31. The third-order valence-corrected chi connectivity index (χ3v) is 5.06. The second-order valence-corrected chi connectivity index (χ2v) is 6.99. The number of amides is 1. The van der Waals surface area contributed by atoms with E-state index in [4.69, 9.17) is 10.5 Å². The quantitative estimate of drug-likeness (QED) is 0.865. The Bertz CT molecular complexity index is 548. The lowest BCUT2D eigenvalue weighted by Gasteiger charge is -2.27. The van der Waals surface area contributed by atoms with Crippen LogP contribution in [0, 0.1) is 17.8 Å². The molecule has 2 bridgehead atoms. The first kappa shape index (κ1) is 18.2. The fourth-order valence-electron chi connectivity index (χ4n) is 3.95. The molecule has 0 aliphatic heterocycles. The number of halogens is 1. The van der Waals surface area contributed by atoms with Crippen molar-refractivity contribution in [1.29, 1.82) is 0 Å². The van der Waals surface area contributed by atoms with E-state index in [1.807, 2.05) is 38.1 Å². The highest BCUT2D eigenvalue weighted by Gasteiger charge is 2.49. The van der Waals surface area contributed by atoms with Gasteiger partial charge in [-0.2, -0.15) is 0 Å². The molecule has 3 N–H and O–H groups in total. The number of nitrogens with two attached hydrogens (primary N) is 1. The molecule has 5 heteroatoms. The highest BCUT2D eigenvalue weighted by molar-refractivity contribution is 5.93. The van der Waals surface area contributed by atoms with Crippen molar-refractivity contribution in [1.82, 2.24) is 0 Å². The van der Waals surface area contributed by atoms with Crippen LogP contribution in [-0.4, -0.2) is 18.1 Å². The van der Waals surface area contributed by atoms with E-state index >= 15 is 0 Å². The van der Waals surface area contributed by atoms with Crippen molar-refractivity contribution in [2.75, 3.05) is 5.32 Å². The van der Waals surface area contributed by atoms with Crippen LogP contribution in [0.2, 0.25) is 0 Å². The second-order valence-electron chi connectivity index (χ2n) is 6.99. The van der Waals surface area contributed by atoms with Gasteiger partial charge >= 0.3 is 0 Å². The molecule has 0 heterocycles. The maximum atomic E-state index is 12.6. The molecule has 3 rings (SSSR count). The normalized spacial score (nSPS) is 28.7. The van der Waals surface area contributed by atoms with Gasteiger partial charge in [-0.15, -0.1) is 12.4 Å². The van der Waals surface area contributed by atoms with Crippen LogP contribution in [0.5, 0.6) is 0 Å². The number of fused-ring (bicyclic) bond motifs is 2. The maximum Gasteiger partial charge on any atom is 0.229 e. The van der Waals surface area contributed by atoms with E-state index in [9.17, 15) is 4.79 Å². The van der Waals surface area contributed by atoms with Crippen molar-refractivity contribution in [2.24, 2.45) is 23.5 Å². The Labute approximate surface area is 144 Å². The van der Waals surface area contributed by atoms with Crippen LogP contribution in [0.3, 0.4) is 0 Å². The Morgan fingerprint density at radius 1 is 1.35 bits per heavy atom. The van der Waals surface area contributed by atoms with E-state index in [0.717, 1.165) is 24.1 Å². The fraction of sp³-hybridized carbons (Fsp3) is 0.611. The number of carbonyl (C=O) groups is 1. The number of ether oxygens (including phenoxy) is 1. The zero-order valence-electron chi connectivity index (χ0n) is 13.8. The van der Waals surface area contributed by atoms with Gasteiger partial charge in [-0.1, -0.05) is 12.1 Å². The van der Waals surface area contributed by atoms with Gasteiger partial charge in [0.05, 0.1) is 18.6 Å². The van der Waals surface area contributed by atoms with E-state index in [1.54, 1.807) is 0 Å². The molecule has 0 radical (unpaired) electrons. The molecular weight excluding hydrogens is 312 g/mol. The van der Waals surface area contributed by atoms with E-state index in [-0.39, 0.29) is 36.4 Å². The number of carbonyl (C=O) groups excluding carboxylic acids is 1. The molecule has 23 heavy (non-hydrogen) atoms. The summed E-state index contributed by atoms with van der Waals surface area (Å²) in [5.74, 6) is 1.09. The predicted molar refractivity (Wildman–Crippen MR) is 94.5 cm³/mol. The highest BCUT2D eigenvalue weighted by atomic mass is 35.5. The molecule has 2 fully saturated rings. The number of hydrogen-bond donors (Lipinski definition) is 2. The molecule has 1 aromatic rings. The van der Waals surface area contributed by atoms with E-state index in [0.29, 0.717) is 18.4 Å². The standard InChI is InChI=1S/C18H26N2O2.ClH/c1-11(2)22-10-12-4-3-5-15(8-12)20-18(21)16-13-6-7-14(9-13)17(16)19;/h3-5,8,11,13-14,16-17H,6-7,9-10,19H2,1-2H3,(H,20,21);1H. The molecule has 1 amide bonds. The summed E-state index contributed by atoms with van der Waals surface area (Å²) in [6.07, 6.45) is 3.67. The Kier molecular flexibility index (Phi) is 6.06. The molecule has 0 saturated heterocycles. The van der Waals surface area contributed by atoms with E-state index in [2.05, 4.69) is 5.32 Å². The van der Waals surface area contributed by atoms with Gasteiger partial charge in [-0.25, -0.2) is 0 Å². The van der Waals surface area contributed by atoms with Crippen molar-refractivity contribution in [3.8, 4) is 0 Å². The predicted octanol–water partition coefficient (Wildman–Crippen LogP) is 3.35. The van der Waals surface area contributed by atoms with Crippen LogP contribution in [0.15, 0.2) is 24.3 Å². The average Bonchev–Trinajstić information content (AvgIpc) is 3.06. The summed E-state index contributed by atoms with van der Waals surface area (Å²) in [5, 5.41) is 3.05. The molecular formula is C18H27ClN2O2. The smallest absolute Gasteiger partial charge is 0.229 e. The minimum atomic E-state index is -0.0191. The summed E-state index contributed by atoms with van der Waals surface area (Å²) >= 11 is 0. The van der Waals surface area contributed by atoms with Crippen LogP contribution in [0.4, 0.5) is 5.69 Å². The lowest BCUT2D eigenvalue weighted by atomic mass is 9.84. The molecule has 0 spiro atoms. The van der Waals surface area contributed by atoms with Gasteiger partial charge < -0.3 is 15.8 Å². The van der Waals surface area contributed by atoms with Crippen molar-refractivity contribution < 1.29 is 9.53 Å². The number of rotatable bonds is 5. The van der Waals surface area contributed by atoms with Gasteiger partial charge in [-0.05, 0) is 62.6 Å². The van der Waals surface area contributed by atoms with Gasteiger partial charge in [0.25, 0.3) is 0 Å².